The van der Waals surface area contributed by atoms with Gasteiger partial charge in [0.15, 0.2) is 0 Å². The largest absolute Gasteiger partial charge is 0.422 e. The van der Waals surface area contributed by atoms with E-state index in [4.69, 9.17) is 4.42 Å². The summed E-state index contributed by atoms with van der Waals surface area (Å²) in [5.41, 5.74) is 3.54. The third-order valence-electron chi connectivity index (χ3n) is 5.29. The SMILES string of the molecule is CCCCN(CCCC)c1ccc2cc(-c3nc4ccccc4[nH]3)c(=O)oc2c1. The highest BCUT2D eigenvalue weighted by Crippen LogP contribution is 2.26. The Bertz CT molecular complexity index is 1130. The Balaban J connectivity index is 1.71. The van der Waals surface area contributed by atoms with E-state index in [9.17, 15) is 4.79 Å². The van der Waals surface area contributed by atoms with Crippen LogP contribution in [0.2, 0.25) is 0 Å². The van der Waals surface area contributed by atoms with Crippen molar-refractivity contribution >= 4 is 27.7 Å². The van der Waals surface area contributed by atoms with E-state index in [0.29, 0.717) is 17.0 Å². The van der Waals surface area contributed by atoms with Gasteiger partial charge in [-0.15, -0.1) is 0 Å². The molecule has 4 rings (SSSR count). The van der Waals surface area contributed by atoms with Crippen LogP contribution >= 0.6 is 0 Å². The number of para-hydroxylation sites is 2. The lowest BCUT2D eigenvalue weighted by molar-refractivity contribution is 0.562. The van der Waals surface area contributed by atoms with Gasteiger partial charge >= 0.3 is 5.63 Å². The molecule has 0 radical (unpaired) electrons. The van der Waals surface area contributed by atoms with Gasteiger partial charge in [0.1, 0.15) is 17.0 Å². The van der Waals surface area contributed by atoms with Crippen molar-refractivity contribution in [3.63, 3.8) is 0 Å². The van der Waals surface area contributed by atoms with E-state index in [2.05, 4.69) is 34.8 Å². The summed E-state index contributed by atoms with van der Waals surface area (Å²) in [6.07, 6.45) is 4.62. The zero-order valence-corrected chi connectivity index (χ0v) is 17.1. The Morgan fingerprint density at radius 2 is 1.76 bits per heavy atom. The first-order valence-electron chi connectivity index (χ1n) is 10.5. The first-order valence-corrected chi connectivity index (χ1v) is 10.5. The minimum atomic E-state index is -0.373. The van der Waals surface area contributed by atoms with Crippen LogP contribution in [-0.4, -0.2) is 23.1 Å². The maximum atomic E-state index is 12.7. The van der Waals surface area contributed by atoms with E-state index in [-0.39, 0.29) is 5.63 Å². The summed E-state index contributed by atoms with van der Waals surface area (Å²) < 4.78 is 5.70. The maximum Gasteiger partial charge on any atom is 0.347 e. The molecule has 0 aliphatic carbocycles. The zero-order valence-electron chi connectivity index (χ0n) is 17.1. The lowest BCUT2D eigenvalue weighted by Crippen LogP contribution is -2.25. The summed E-state index contributed by atoms with van der Waals surface area (Å²) in [5, 5.41) is 0.898. The van der Waals surface area contributed by atoms with Gasteiger partial charge in [-0.1, -0.05) is 38.8 Å². The second-order valence-corrected chi connectivity index (χ2v) is 7.47. The molecule has 0 unspecified atom stereocenters. The van der Waals surface area contributed by atoms with Crippen molar-refractivity contribution in [2.75, 3.05) is 18.0 Å². The van der Waals surface area contributed by atoms with Gasteiger partial charge in [0, 0.05) is 30.2 Å². The highest BCUT2D eigenvalue weighted by molar-refractivity contribution is 5.85. The van der Waals surface area contributed by atoms with E-state index in [0.717, 1.165) is 60.9 Å². The number of aromatic nitrogens is 2. The molecular weight excluding hydrogens is 362 g/mol. The molecule has 5 nitrogen and oxygen atoms in total. The van der Waals surface area contributed by atoms with Crippen LogP contribution < -0.4 is 10.5 Å². The molecule has 0 saturated heterocycles. The summed E-state index contributed by atoms with van der Waals surface area (Å²) >= 11 is 0. The highest BCUT2D eigenvalue weighted by atomic mass is 16.4. The van der Waals surface area contributed by atoms with Crippen molar-refractivity contribution in [1.82, 2.24) is 9.97 Å². The van der Waals surface area contributed by atoms with Gasteiger partial charge in [-0.25, -0.2) is 9.78 Å². The highest BCUT2D eigenvalue weighted by Gasteiger charge is 2.14. The molecule has 29 heavy (non-hydrogen) atoms. The molecule has 5 heteroatoms. The van der Waals surface area contributed by atoms with Crippen LogP contribution in [0.25, 0.3) is 33.4 Å². The maximum absolute atomic E-state index is 12.7. The van der Waals surface area contributed by atoms with Gasteiger partial charge in [0.05, 0.1) is 11.0 Å². The van der Waals surface area contributed by atoms with Crippen LogP contribution in [0.15, 0.2) is 57.7 Å². The standard InChI is InChI=1S/C24H27N3O2/c1-3-5-13-27(14-6-4-2)18-12-11-17-15-19(24(28)29-22(17)16-18)23-25-20-9-7-8-10-21(20)26-23/h7-12,15-16H,3-6,13-14H2,1-2H3,(H,25,26). The molecule has 0 aliphatic rings. The average molecular weight is 389 g/mol. The van der Waals surface area contributed by atoms with Gasteiger partial charge in [0.2, 0.25) is 0 Å². The molecular formula is C24H27N3O2. The fraction of sp³-hybridized carbons (Fsp3) is 0.333. The Morgan fingerprint density at radius 3 is 2.48 bits per heavy atom. The minimum absolute atomic E-state index is 0.373. The summed E-state index contributed by atoms with van der Waals surface area (Å²) in [6, 6.07) is 15.8. The molecule has 2 heterocycles. The Hall–Kier alpha value is -3.08. The Kier molecular flexibility index (Phi) is 5.65. The molecule has 2 aromatic carbocycles. The fourth-order valence-electron chi connectivity index (χ4n) is 3.61. The van der Waals surface area contributed by atoms with Crippen LogP contribution in [0.4, 0.5) is 5.69 Å². The molecule has 0 saturated carbocycles. The lowest BCUT2D eigenvalue weighted by Gasteiger charge is -2.24. The summed E-state index contributed by atoms with van der Waals surface area (Å²) in [5.74, 6) is 0.540. The van der Waals surface area contributed by atoms with Gasteiger partial charge in [-0.05, 0) is 43.2 Å². The summed E-state index contributed by atoms with van der Waals surface area (Å²) in [4.78, 5) is 22.8. The Morgan fingerprint density at radius 1 is 1.00 bits per heavy atom. The van der Waals surface area contributed by atoms with Crippen LogP contribution in [0.3, 0.4) is 0 Å². The van der Waals surface area contributed by atoms with Crippen molar-refractivity contribution < 1.29 is 4.42 Å². The molecule has 0 atom stereocenters. The number of hydrogen-bond acceptors (Lipinski definition) is 4. The number of anilines is 1. The molecule has 2 aromatic heterocycles. The quantitative estimate of drug-likeness (QED) is 0.390. The van der Waals surface area contributed by atoms with Gasteiger partial charge in [0.25, 0.3) is 0 Å². The molecule has 0 fully saturated rings. The van der Waals surface area contributed by atoms with Crippen molar-refractivity contribution in [1.29, 1.82) is 0 Å². The first-order chi connectivity index (χ1) is 14.2. The third-order valence-corrected chi connectivity index (χ3v) is 5.29. The van der Waals surface area contributed by atoms with E-state index in [1.807, 2.05) is 42.5 Å². The van der Waals surface area contributed by atoms with Gasteiger partial charge in [-0.2, -0.15) is 0 Å². The van der Waals surface area contributed by atoms with E-state index in [1.165, 1.54) is 0 Å². The van der Waals surface area contributed by atoms with Crippen molar-refractivity contribution in [2.45, 2.75) is 39.5 Å². The second-order valence-electron chi connectivity index (χ2n) is 7.47. The minimum Gasteiger partial charge on any atom is -0.422 e. The molecule has 150 valence electrons. The number of nitrogens with one attached hydrogen (secondary N) is 1. The number of unbranched alkanes of at least 4 members (excludes halogenated alkanes) is 2. The first kappa shape index (κ1) is 19.2. The van der Waals surface area contributed by atoms with E-state index >= 15 is 0 Å². The number of benzene rings is 2. The second kappa shape index (κ2) is 8.52. The normalized spacial score (nSPS) is 11.4. The number of nitrogens with zero attached hydrogens (tertiary/aromatic N) is 2. The summed E-state index contributed by atoms with van der Waals surface area (Å²) in [7, 11) is 0. The predicted octanol–water partition coefficient (Wildman–Crippen LogP) is 5.74. The molecule has 0 amide bonds. The van der Waals surface area contributed by atoms with Crippen LogP contribution in [0, 0.1) is 0 Å². The predicted molar refractivity (Wildman–Crippen MR) is 120 cm³/mol. The number of hydrogen-bond donors (Lipinski definition) is 1. The van der Waals surface area contributed by atoms with Crippen LogP contribution in [-0.2, 0) is 0 Å². The van der Waals surface area contributed by atoms with Gasteiger partial charge < -0.3 is 14.3 Å². The molecule has 0 bridgehead atoms. The third kappa shape index (κ3) is 4.04. The monoisotopic (exact) mass is 389 g/mol. The van der Waals surface area contributed by atoms with E-state index < -0.39 is 0 Å². The molecule has 1 N–H and O–H groups in total. The lowest BCUT2D eigenvalue weighted by atomic mass is 10.1. The molecule has 0 spiro atoms. The van der Waals surface area contributed by atoms with Crippen molar-refractivity contribution in [3.05, 3.63) is 59.0 Å². The number of fused-ring (bicyclic) bond motifs is 2. The smallest absolute Gasteiger partial charge is 0.347 e. The van der Waals surface area contributed by atoms with Gasteiger partial charge in [-0.3, -0.25) is 0 Å². The Labute approximate surface area is 170 Å². The number of rotatable bonds is 8. The van der Waals surface area contributed by atoms with Crippen molar-refractivity contribution in [2.24, 2.45) is 0 Å². The van der Waals surface area contributed by atoms with Crippen LogP contribution in [0.5, 0.6) is 0 Å². The number of H-pyrrole nitrogens is 1. The topological polar surface area (TPSA) is 62.1 Å². The number of imidazole rings is 1. The fourth-order valence-corrected chi connectivity index (χ4v) is 3.61. The van der Waals surface area contributed by atoms with Crippen LogP contribution in [0.1, 0.15) is 39.5 Å². The molecule has 0 aliphatic heterocycles. The molecule has 4 aromatic rings. The average Bonchev–Trinajstić information content (AvgIpc) is 3.17. The summed E-state index contributed by atoms with van der Waals surface area (Å²) in [6.45, 7) is 6.45. The van der Waals surface area contributed by atoms with Crippen molar-refractivity contribution in [3.8, 4) is 11.4 Å². The zero-order chi connectivity index (χ0) is 20.2. The van der Waals surface area contributed by atoms with E-state index in [1.54, 1.807) is 0 Å². The number of aromatic amines is 1.